The molecule has 0 radical (unpaired) electrons. The number of benzene rings is 2. The number of thiazole rings is 1. The Morgan fingerprint density at radius 1 is 1.14 bits per heavy atom. The largest absolute Gasteiger partial charge is 0.298 e. The lowest BCUT2D eigenvalue weighted by Crippen LogP contribution is -1.90. The van der Waals surface area contributed by atoms with Gasteiger partial charge in [-0.3, -0.25) is 4.79 Å². The Kier molecular flexibility index (Phi) is 4.13. The molecule has 0 amide bonds. The molecule has 0 atom stereocenters. The van der Waals surface area contributed by atoms with Crippen LogP contribution >= 0.6 is 22.9 Å². The zero-order valence-corrected chi connectivity index (χ0v) is 12.7. The SMILES string of the molecule is O=Cc1ccc(Cc2nc(-c3ccccc3)cs2)cc1Cl. The summed E-state index contributed by atoms with van der Waals surface area (Å²) in [7, 11) is 0. The van der Waals surface area contributed by atoms with Crippen molar-refractivity contribution >= 4 is 29.2 Å². The molecule has 1 heterocycles. The standard InChI is InChI=1S/C17H12ClNOS/c18-15-8-12(6-7-14(15)10-20)9-17-19-16(11-21-17)13-4-2-1-3-5-13/h1-8,10-11H,9H2. The fourth-order valence-corrected chi connectivity index (χ4v) is 3.17. The molecule has 0 fully saturated rings. The van der Waals surface area contributed by atoms with Gasteiger partial charge in [-0.25, -0.2) is 4.98 Å². The summed E-state index contributed by atoms with van der Waals surface area (Å²) >= 11 is 7.68. The van der Waals surface area contributed by atoms with Gasteiger partial charge in [0, 0.05) is 22.9 Å². The van der Waals surface area contributed by atoms with E-state index in [1.165, 1.54) is 0 Å². The normalized spacial score (nSPS) is 10.5. The fraction of sp³-hybridized carbons (Fsp3) is 0.0588. The van der Waals surface area contributed by atoms with E-state index in [0.29, 0.717) is 10.6 Å². The molecule has 1 aromatic heterocycles. The first-order chi connectivity index (χ1) is 10.3. The van der Waals surface area contributed by atoms with Crippen LogP contribution in [0, 0.1) is 0 Å². The molecule has 0 aliphatic carbocycles. The lowest BCUT2D eigenvalue weighted by molar-refractivity contribution is 0.112. The van der Waals surface area contributed by atoms with E-state index in [1.54, 1.807) is 17.4 Å². The first-order valence-electron chi connectivity index (χ1n) is 6.49. The summed E-state index contributed by atoms with van der Waals surface area (Å²) in [6.45, 7) is 0. The van der Waals surface area contributed by atoms with E-state index in [0.717, 1.165) is 34.5 Å². The zero-order valence-electron chi connectivity index (χ0n) is 11.1. The molecule has 4 heteroatoms. The van der Waals surface area contributed by atoms with Crippen LogP contribution in [0.3, 0.4) is 0 Å². The molecule has 0 N–H and O–H groups in total. The van der Waals surface area contributed by atoms with Gasteiger partial charge in [0.1, 0.15) is 0 Å². The third-order valence-electron chi connectivity index (χ3n) is 3.17. The van der Waals surface area contributed by atoms with Crippen molar-refractivity contribution in [2.45, 2.75) is 6.42 Å². The second kappa shape index (κ2) is 6.20. The minimum absolute atomic E-state index is 0.488. The van der Waals surface area contributed by atoms with Crippen LogP contribution in [0.1, 0.15) is 20.9 Å². The van der Waals surface area contributed by atoms with E-state index in [9.17, 15) is 4.79 Å². The Balaban J connectivity index is 1.81. The van der Waals surface area contributed by atoms with Crippen molar-refractivity contribution in [1.82, 2.24) is 4.98 Å². The molecular weight excluding hydrogens is 302 g/mol. The first kappa shape index (κ1) is 14.0. The summed E-state index contributed by atoms with van der Waals surface area (Å²) in [5, 5.41) is 3.58. The van der Waals surface area contributed by atoms with Crippen LogP contribution in [0.5, 0.6) is 0 Å². The molecule has 0 spiro atoms. The van der Waals surface area contributed by atoms with Gasteiger partial charge in [-0.05, 0) is 17.7 Å². The van der Waals surface area contributed by atoms with Crippen LogP contribution in [0.2, 0.25) is 5.02 Å². The van der Waals surface area contributed by atoms with Crippen LogP contribution in [-0.2, 0) is 6.42 Å². The van der Waals surface area contributed by atoms with Crippen molar-refractivity contribution in [3.8, 4) is 11.3 Å². The van der Waals surface area contributed by atoms with Crippen molar-refractivity contribution in [3.63, 3.8) is 0 Å². The monoisotopic (exact) mass is 313 g/mol. The van der Waals surface area contributed by atoms with Gasteiger partial charge in [-0.1, -0.05) is 48.0 Å². The van der Waals surface area contributed by atoms with Crippen molar-refractivity contribution < 1.29 is 4.79 Å². The number of nitrogens with zero attached hydrogens (tertiary/aromatic N) is 1. The molecule has 2 aromatic carbocycles. The van der Waals surface area contributed by atoms with Crippen molar-refractivity contribution in [1.29, 1.82) is 0 Å². The lowest BCUT2D eigenvalue weighted by Gasteiger charge is -2.01. The Morgan fingerprint density at radius 3 is 2.67 bits per heavy atom. The van der Waals surface area contributed by atoms with Crippen LogP contribution in [0.25, 0.3) is 11.3 Å². The van der Waals surface area contributed by atoms with Crippen LogP contribution in [-0.4, -0.2) is 11.3 Å². The maximum Gasteiger partial charge on any atom is 0.151 e. The maximum absolute atomic E-state index is 10.8. The Bertz CT molecular complexity index is 767. The number of carbonyl (C=O) groups excluding carboxylic acids is 1. The topological polar surface area (TPSA) is 30.0 Å². The van der Waals surface area contributed by atoms with Crippen molar-refractivity contribution in [2.75, 3.05) is 0 Å². The van der Waals surface area contributed by atoms with Gasteiger partial charge in [0.15, 0.2) is 6.29 Å². The van der Waals surface area contributed by atoms with Gasteiger partial charge in [0.25, 0.3) is 0 Å². The van der Waals surface area contributed by atoms with E-state index in [4.69, 9.17) is 11.6 Å². The van der Waals surface area contributed by atoms with Gasteiger partial charge >= 0.3 is 0 Å². The van der Waals surface area contributed by atoms with E-state index < -0.39 is 0 Å². The summed E-state index contributed by atoms with van der Waals surface area (Å²) in [6.07, 6.45) is 1.49. The molecule has 0 saturated heterocycles. The number of aldehydes is 1. The predicted octanol–water partition coefficient (Wildman–Crippen LogP) is 4.87. The highest BCUT2D eigenvalue weighted by atomic mass is 35.5. The van der Waals surface area contributed by atoms with Crippen LogP contribution < -0.4 is 0 Å². The summed E-state index contributed by atoms with van der Waals surface area (Å²) in [5.74, 6) is 0. The summed E-state index contributed by atoms with van der Waals surface area (Å²) in [5.41, 5.74) is 3.68. The molecule has 2 nitrogen and oxygen atoms in total. The molecule has 21 heavy (non-hydrogen) atoms. The number of rotatable bonds is 4. The summed E-state index contributed by atoms with van der Waals surface area (Å²) in [6, 6.07) is 15.6. The maximum atomic E-state index is 10.8. The number of aromatic nitrogens is 1. The molecule has 0 unspecified atom stereocenters. The first-order valence-corrected chi connectivity index (χ1v) is 7.75. The van der Waals surface area contributed by atoms with Gasteiger partial charge in [0.05, 0.1) is 15.7 Å². The quantitative estimate of drug-likeness (QED) is 0.643. The number of carbonyl (C=O) groups is 1. The predicted molar refractivity (Wildman–Crippen MR) is 87.2 cm³/mol. The van der Waals surface area contributed by atoms with Gasteiger partial charge in [-0.2, -0.15) is 0 Å². The third-order valence-corrected chi connectivity index (χ3v) is 4.34. The smallest absolute Gasteiger partial charge is 0.151 e. The van der Waals surface area contributed by atoms with Crippen LogP contribution in [0.15, 0.2) is 53.9 Å². The Hall–Kier alpha value is -1.97. The lowest BCUT2D eigenvalue weighted by atomic mass is 10.1. The highest BCUT2D eigenvalue weighted by Gasteiger charge is 2.07. The zero-order chi connectivity index (χ0) is 14.7. The van der Waals surface area contributed by atoms with E-state index in [-0.39, 0.29) is 0 Å². The number of hydrogen-bond donors (Lipinski definition) is 0. The minimum Gasteiger partial charge on any atom is -0.298 e. The molecule has 3 rings (SSSR count). The molecule has 0 aliphatic heterocycles. The summed E-state index contributed by atoms with van der Waals surface area (Å²) in [4.78, 5) is 15.4. The minimum atomic E-state index is 0.488. The number of halogens is 1. The Labute approximate surface area is 132 Å². The molecule has 0 bridgehead atoms. The molecular formula is C17H12ClNOS. The summed E-state index contributed by atoms with van der Waals surface area (Å²) < 4.78 is 0. The second-order valence-electron chi connectivity index (χ2n) is 4.64. The number of hydrogen-bond acceptors (Lipinski definition) is 3. The van der Waals surface area contributed by atoms with Crippen molar-refractivity contribution in [3.05, 3.63) is 75.1 Å². The van der Waals surface area contributed by atoms with Gasteiger partial charge in [0.2, 0.25) is 0 Å². The molecule has 104 valence electrons. The van der Waals surface area contributed by atoms with E-state index >= 15 is 0 Å². The highest BCUT2D eigenvalue weighted by molar-refractivity contribution is 7.10. The molecule has 0 saturated carbocycles. The molecule has 0 aliphatic rings. The van der Waals surface area contributed by atoms with Gasteiger partial charge in [-0.15, -0.1) is 11.3 Å². The highest BCUT2D eigenvalue weighted by Crippen LogP contribution is 2.24. The van der Waals surface area contributed by atoms with Crippen LogP contribution in [0.4, 0.5) is 0 Å². The average molecular weight is 314 g/mol. The average Bonchev–Trinajstić information content (AvgIpc) is 2.97. The Morgan fingerprint density at radius 2 is 1.95 bits per heavy atom. The third kappa shape index (κ3) is 3.20. The second-order valence-corrected chi connectivity index (χ2v) is 5.99. The van der Waals surface area contributed by atoms with Crippen molar-refractivity contribution in [2.24, 2.45) is 0 Å². The molecule has 3 aromatic rings. The van der Waals surface area contributed by atoms with Gasteiger partial charge < -0.3 is 0 Å². The van der Waals surface area contributed by atoms with E-state index in [1.807, 2.05) is 30.3 Å². The van der Waals surface area contributed by atoms with E-state index in [2.05, 4.69) is 22.5 Å². The fourth-order valence-electron chi connectivity index (χ4n) is 2.08.